The Morgan fingerprint density at radius 1 is 1.14 bits per heavy atom. The van der Waals surface area contributed by atoms with E-state index in [1.165, 1.54) is 17.8 Å². The summed E-state index contributed by atoms with van der Waals surface area (Å²) in [4.78, 5) is 29.3. The van der Waals surface area contributed by atoms with Gasteiger partial charge in [-0.05, 0) is 36.6 Å². The summed E-state index contributed by atoms with van der Waals surface area (Å²) in [5.74, 6) is -0.706. The number of benzene rings is 1. The molecule has 2 heterocycles. The van der Waals surface area contributed by atoms with Crippen LogP contribution in [-0.2, 0) is 6.42 Å². The van der Waals surface area contributed by atoms with Crippen molar-refractivity contribution in [3.8, 4) is 0 Å². The second kappa shape index (κ2) is 5.36. The number of carbonyl (C=O) groups is 2. The van der Waals surface area contributed by atoms with Crippen molar-refractivity contribution < 1.29 is 9.59 Å². The van der Waals surface area contributed by atoms with E-state index in [9.17, 15) is 9.59 Å². The number of aryl methyl sites for hydroxylation is 1. The van der Waals surface area contributed by atoms with Gasteiger partial charge in [0.15, 0.2) is 0 Å². The second-order valence-electron chi connectivity index (χ2n) is 4.99. The first kappa shape index (κ1) is 13.3. The molecule has 0 saturated heterocycles. The zero-order valence-corrected chi connectivity index (χ0v) is 11.5. The number of hydrogen-bond donors (Lipinski definition) is 1. The van der Waals surface area contributed by atoms with E-state index < -0.39 is 5.91 Å². The highest BCUT2D eigenvalue weighted by atomic mass is 16.2. The summed E-state index contributed by atoms with van der Waals surface area (Å²) < 4.78 is 0. The van der Waals surface area contributed by atoms with Gasteiger partial charge in [-0.2, -0.15) is 0 Å². The van der Waals surface area contributed by atoms with E-state index in [0.29, 0.717) is 12.1 Å². The molecule has 5 nitrogen and oxygen atoms in total. The van der Waals surface area contributed by atoms with Crippen molar-refractivity contribution >= 4 is 17.5 Å². The van der Waals surface area contributed by atoms with E-state index in [-0.39, 0.29) is 11.6 Å². The van der Waals surface area contributed by atoms with Crippen LogP contribution in [0.1, 0.15) is 32.8 Å². The molecular formula is C16H15N3O2. The number of fused-ring (bicyclic) bond motifs is 1. The van der Waals surface area contributed by atoms with Gasteiger partial charge >= 0.3 is 0 Å². The average molecular weight is 281 g/mol. The van der Waals surface area contributed by atoms with Crippen molar-refractivity contribution in [1.82, 2.24) is 4.98 Å². The van der Waals surface area contributed by atoms with Crippen LogP contribution in [0.5, 0.6) is 0 Å². The molecule has 1 aromatic heterocycles. The predicted octanol–water partition coefficient (Wildman–Crippen LogP) is 1.77. The zero-order valence-electron chi connectivity index (χ0n) is 11.5. The van der Waals surface area contributed by atoms with Crippen LogP contribution >= 0.6 is 0 Å². The summed E-state index contributed by atoms with van der Waals surface area (Å²) in [7, 11) is 0. The zero-order chi connectivity index (χ0) is 14.8. The Labute approximate surface area is 122 Å². The lowest BCUT2D eigenvalue weighted by molar-refractivity contribution is 0.0976. The van der Waals surface area contributed by atoms with Gasteiger partial charge in [0.1, 0.15) is 5.69 Å². The summed E-state index contributed by atoms with van der Waals surface area (Å²) in [5, 5.41) is 0. The minimum atomic E-state index is -0.600. The third-order valence-electron chi connectivity index (χ3n) is 3.62. The molecule has 2 amide bonds. The molecule has 0 unspecified atom stereocenters. The lowest BCUT2D eigenvalue weighted by Gasteiger charge is -2.29. The maximum absolute atomic E-state index is 12.6. The molecule has 0 spiro atoms. The number of amides is 2. The Bertz CT molecular complexity index is 695. The lowest BCUT2D eigenvalue weighted by Crippen LogP contribution is -2.35. The summed E-state index contributed by atoms with van der Waals surface area (Å²) in [6, 6.07) is 11.0. The average Bonchev–Trinajstić information content (AvgIpc) is 2.53. The number of carbonyl (C=O) groups excluding carboxylic acids is 2. The summed E-state index contributed by atoms with van der Waals surface area (Å²) in [5.41, 5.74) is 7.89. The molecule has 2 aromatic rings. The molecule has 1 aliphatic rings. The van der Waals surface area contributed by atoms with Crippen LogP contribution in [0.15, 0.2) is 42.6 Å². The van der Waals surface area contributed by atoms with Crippen LogP contribution in [0, 0.1) is 0 Å². The number of nitrogens with two attached hydrogens (primary N) is 1. The molecule has 0 saturated carbocycles. The Kier molecular flexibility index (Phi) is 3.39. The summed E-state index contributed by atoms with van der Waals surface area (Å²) in [6.07, 6.45) is 3.33. The van der Waals surface area contributed by atoms with Crippen molar-refractivity contribution in [3.05, 3.63) is 59.4 Å². The fourth-order valence-electron chi connectivity index (χ4n) is 2.57. The number of pyridine rings is 1. The molecule has 3 rings (SSSR count). The molecule has 0 atom stereocenters. The predicted molar refractivity (Wildman–Crippen MR) is 79.2 cm³/mol. The fraction of sp³-hybridized carbons (Fsp3) is 0.188. The minimum Gasteiger partial charge on any atom is -0.364 e. The van der Waals surface area contributed by atoms with Gasteiger partial charge in [-0.3, -0.25) is 14.6 Å². The number of rotatable bonds is 2. The molecule has 0 radical (unpaired) electrons. The van der Waals surface area contributed by atoms with Crippen LogP contribution in [0.4, 0.5) is 5.69 Å². The first-order chi connectivity index (χ1) is 10.2. The first-order valence-corrected chi connectivity index (χ1v) is 6.82. The third-order valence-corrected chi connectivity index (χ3v) is 3.62. The fourth-order valence-corrected chi connectivity index (χ4v) is 2.57. The Balaban J connectivity index is 1.91. The maximum Gasteiger partial charge on any atom is 0.267 e. The highest BCUT2D eigenvalue weighted by Gasteiger charge is 2.23. The molecule has 1 aliphatic heterocycles. The SMILES string of the molecule is NC(=O)c1ccc(C(=O)N2CCCc3ccccc32)cn1. The number of hydrogen-bond acceptors (Lipinski definition) is 3. The Morgan fingerprint density at radius 3 is 2.67 bits per heavy atom. The molecule has 0 aliphatic carbocycles. The summed E-state index contributed by atoms with van der Waals surface area (Å²) in [6.45, 7) is 0.688. The molecule has 2 N–H and O–H groups in total. The van der Waals surface area contributed by atoms with Gasteiger partial charge in [-0.1, -0.05) is 18.2 Å². The van der Waals surface area contributed by atoms with Gasteiger partial charge in [0.2, 0.25) is 0 Å². The molecule has 5 heteroatoms. The van der Waals surface area contributed by atoms with E-state index in [0.717, 1.165) is 18.5 Å². The smallest absolute Gasteiger partial charge is 0.267 e. The monoisotopic (exact) mass is 281 g/mol. The number of aromatic nitrogens is 1. The Hall–Kier alpha value is -2.69. The quantitative estimate of drug-likeness (QED) is 0.911. The minimum absolute atomic E-state index is 0.106. The highest BCUT2D eigenvalue weighted by molar-refractivity contribution is 6.06. The van der Waals surface area contributed by atoms with Crippen LogP contribution < -0.4 is 10.6 Å². The topological polar surface area (TPSA) is 76.3 Å². The molecule has 106 valence electrons. The second-order valence-corrected chi connectivity index (χ2v) is 4.99. The largest absolute Gasteiger partial charge is 0.364 e. The van der Waals surface area contributed by atoms with Gasteiger partial charge < -0.3 is 10.6 Å². The van der Waals surface area contributed by atoms with Gasteiger partial charge in [-0.25, -0.2) is 0 Å². The number of para-hydroxylation sites is 1. The van der Waals surface area contributed by atoms with E-state index in [2.05, 4.69) is 4.98 Å². The van der Waals surface area contributed by atoms with E-state index in [1.54, 1.807) is 11.0 Å². The third kappa shape index (κ3) is 2.50. The normalized spacial score (nSPS) is 13.6. The van der Waals surface area contributed by atoms with Gasteiger partial charge in [0.05, 0.1) is 5.56 Å². The van der Waals surface area contributed by atoms with E-state index in [1.807, 2.05) is 24.3 Å². The highest BCUT2D eigenvalue weighted by Crippen LogP contribution is 2.27. The van der Waals surface area contributed by atoms with Crippen molar-refractivity contribution in [2.45, 2.75) is 12.8 Å². The number of anilines is 1. The van der Waals surface area contributed by atoms with E-state index in [4.69, 9.17) is 5.73 Å². The van der Waals surface area contributed by atoms with Crippen molar-refractivity contribution in [1.29, 1.82) is 0 Å². The van der Waals surface area contributed by atoms with Crippen LogP contribution in [-0.4, -0.2) is 23.3 Å². The van der Waals surface area contributed by atoms with E-state index >= 15 is 0 Å². The molecular weight excluding hydrogens is 266 g/mol. The molecule has 0 fully saturated rings. The number of nitrogens with zero attached hydrogens (tertiary/aromatic N) is 2. The lowest BCUT2D eigenvalue weighted by atomic mass is 10.0. The van der Waals surface area contributed by atoms with Crippen molar-refractivity contribution in [2.75, 3.05) is 11.4 Å². The molecule has 0 bridgehead atoms. The standard InChI is InChI=1S/C16H15N3O2/c17-15(20)13-8-7-12(10-18-13)16(21)19-9-3-5-11-4-1-2-6-14(11)19/h1-2,4,6-8,10H,3,5,9H2,(H2,17,20). The molecule has 1 aromatic carbocycles. The van der Waals surface area contributed by atoms with Gasteiger partial charge in [0.25, 0.3) is 11.8 Å². The van der Waals surface area contributed by atoms with Crippen molar-refractivity contribution in [3.63, 3.8) is 0 Å². The maximum atomic E-state index is 12.6. The molecule has 21 heavy (non-hydrogen) atoms. The van der Waals surface area contributed by atoms with Gasteiger partial charge in [0, 0.05) is 18.4 Å². The van der Waals surface area contributed by atoms with Crippen LogP contribution in [0.2, 0.25) is 0 Å². The summed E-state index contributed by atoms with van der Waals surface area (Å²) >= 11 is 0. The van der Waals surface area contributed by atoms with Crippen LogP contribution in [0.25, 0.3) is 0 Å². The van der Waals surface area contributed by atoms with Gasteiger partial charge in [-0.15, -0.1) is 0 Å². The Morgan fingerprint density at radius 2 is 1.95 bits per heavy atom. The number of primary amides is 1. The van der Waals surface area contributed by atoms with Crippen molar-refractivity contribution in [2.24, 2.45) is 5.73 Å². The first-order valence-electron chi connectivity index (χ1n) is 6.82. The van der Waals surface area contributed by atoms with Crippen LogP contribution in [0.3, 0.4) is 0 Å².